The van der Waals surface area contributed by atoms with E-state index in [4.69, 9.17) is 5.73 Å². The summed E-state index contributed by atoms with van der Waals surface area (Å²) in [7, 11) is 0. The second-order valence-electron chi connectivity index (χ2n) is 7.56. The minimum atomic E-state index is 0.174. The van der Waals surface area contributed by atoms with Gasteiger partial charge in [-0.05, 0) is 48.1 Å². The van der Waals surface area contributed by atoms with Gasteiger partial charge in [-0.15, -0.1) is 0 Å². The van der Waals surface area contributed by atoms with E-state index >= 15 is 0 Å². The summed E-state index contributed by atoms with van der Waals surface area (Å²) >= 11 is 0. The van der Waals surface area contributed by atoms with Gasteiger partial charge in [0.2, 0.25) is 0 Å². The van der Waals surface area contributed by atoms with E-state index in [1.165, 1.54) is 36.8 Å². The number of aryl methyl sites for hydroxylation is 1. The average Bonchev–Trinajstić information content (AvgIpc) is 2.34. The molecule has 0 aliphatic heterocycles. The van der Waals surface area contributed by atoms with E-state index in [1.807, 2.05) is 0 Å². The Balaban J connectivity index is 2.52. The van der Waals surface area contributed by atoms with E-state index in [1.54, 1.807) is 0 Å². The fourth-order valence-electron chi connectivity index (χ4n) is 3.01. The zero-order valence-corrected chi connectivity index (χ0v) is 14.1. The molecular formula is C19H33N. The molecule has 1 aromatic carbocycles. The van der Waals surface area contributed by atoms with Crippen molar-refractivity contribution in [1.29, 1.82) is 0 Å². The normalized spacial score (nSPS) is 15.1. The first kappa shape index (κ1) is 17.2. The average molecular weight is 275 g/mol. The SMILES string of the molecule is CCCCc1ccc(C(N)CC(C)CC(C)(C)C)cc1. The predicted molar refractivity (Wildman–Crippen MR) is 89.8 cm³/mol. The first-order valence-corrected chi connectivity index (χ1v) is 8.16. The molecule has 0 radical (unpaired) electrons. The van der Waals surface area contributed by atoms with Crippen molar-refractivity contribution >= 4 is 0 Å². The maximum atomic E-state index is 6.36. The third kappa shape index (κ3) is 6.56. The van der Waals surface area contributed by atoms with Gasteiger partial charge in [-0.3, -0.25) is 0 Å². The molecule has 0 spiro atoms. The molecule has 0 amide bonds. The van der Waals surface area contributed by atoms with Crippen molar-refractivity contribution in [2.75, 3.05) is 0 Å². The first-order valence-electron chi connectivity index (χ1n) is 8.16. The van der Waals surface area contributed by atoms with E-state index in [0.717, 1.165) is 6.42 Å². The highest BCUT2D eigenvalue weighted by Crippen LogP contribution is 2.29. The van der Waals surface area contributed by atoms with Gasteiger partial charge in [0, 0.05) is 6.04 Å². The van der Waals surface area contributed by atoms with Crippen molar-refractivity contribution in [1.82, 2.24) is 0 Å². The molecule has 0 heterocycles. The van der Waals surface area contributed by atoms with Crippen molar-refractivity contribution in [2.45, 2.75) is 72.8 Å². The van der Waals surface area contributed by atoms with Gasteiger partial charge < -0.3 is 5.73 Å². The first-order chi connectivity index (χ1) is 9.31. The van der Waals surface area contributed by atoms with Gasteiger partial charge in [0.15, 0.2) is 0 Å². The molecule has 0 bridgehead atoms. The monoisotopic (exact) mass is 275 g/mol. The van der Waals surface area contributed by atoms with Crippen LogP contribution in [0.4, 0.5) is 0 Å². The Kier molecular flexibility index (Phi) is 6.75. The maximum absolute atomic E-state index is 6.36. The Hall–Kier alpha value is -0.820. The minimum absolute atomic E-state index is 0.174. The van der Waals surface area contributed by atoms with Crippen LogP contribution in [0.25, 0.3) is 0 Å². The van der Waals surface area contributed by atoms with Crippen LogP contribution in [0, 0.1) is 11.3 Å². The van der Waals surface area contributed by atoms with Crippen molar-refractivity contribution in [2.24, 2.45) is 17.1 Å². The van der Waals surface area contributed by atoms with E-state index < -0.39 is 0 Å². The molecule has 2 N–H and O–H groups in total. The molecule has 0 saturated heterocycles. The Bertz CT molecular complexity index is 372. The Morgan fingerprint density at radius 1 is 1.10 bits per heavy atom. The largest absolute Gasteiger partial charge is 0.324 e. The smallest absolute Gasteiger partial charge is 0.0297 e. The van der Waals surface area contributed by atoms with Gasteiger partial charge in [-0.25, -0.2) is 0 Å². The van der Waals surface area contributed by atoms with Gasteiger partial charge in [0.25, 0.3) is 0 Å². The van der Waals surface area contributed by atoms with E-state index in [-0.39, 0.29) is 6.04 Å². The van der Waals surface area contributed by atoms with Crippen LogP contribution >= 0.6 is 0 Å². The van der Waals surface area contributed by atoms with Crippen molar-refractivity contribution in [3.05, 3.63) is 35.4 Å². The van der Waals surface area contributed by atoms with Gasteiger partial charge in [0.1, 0.15) is 0 Å². The number of benzene rings is 1. The lowest BCUT2D eigenvalue weighted by molar-refractivity contribution is 0.286. The van der Waals surface area contributed by atoms with Crippen molar-refractivity contribution in [3.63, 3.8) is 0 Å². The fourth-order valence-corrected chi connectivity index (χ4v) is 3.01. The molecule has 1 rings (SSSR count). The quantitative estimate of drug-likeness (QED) is 0.699. The number of nitrogens with two attached hydrogens (primary N) is 1. The van der Waals surface area contributed by atoms with Crippen LogP contribution < -0.4 is 5.73 Å². The Morgan fingerprint density at radius 3 is 2.20 bits per heavy atom. The lowest BCUT2D eigenvalue weighted by atomic mass is 9.82. The van der Waals surface area contributed by atoms with Crippen LogP contribution in [0.5, 0.6) is 0 Å². The molecule has 0 saturated carbocycles. The summed E-state index contributed by atoms with van der Waals surface area (Å²) in [5, 5.41) is 0. The van der Waals surface area contributed by atoms with Crippen LogP contribution in [0.2, 0.25) is 0 Å². The third-order valence-electron chi connectivity index (χ3n) is 3.84. The van der Waals surface area contributed by atoms with Gasteiger partial charge in [-0.1, -0.05) is 65.3 Å². The summed E-state index contributed by atoms with van der Waals surface area (Å²) in [6.07, 6.45) is 6.02. The van der Waals surface area contributed by atoms with Gasteiger partial charge in [-0.2, -0.15) is 0 Å². The lowest BCUT2D eigenvalue weighted by Gasteiger charge is -2.25. The number of unbranched alkanes of at least 4 members (excludes halogenated alkanes) is 1. The molecule has 1 nitrogen and oxygen atoms in total. The molecule has 0 aliphatic carbocycles. The topological polar surface area (TPSA) is 26.0 Å². The summed E-state index contributed by atoms with van der Waals surface area (Å²) in [5.41, 5.74) is 9.48. The lowest BCUT2D eigenvalue weighted by Crippen LogP contribution is -2.18. The summed E-state index contributed by atoms with van der Waals surface area (Å²) in [5.74, 6) is 0.671. The fraction of sp³-hybridized carbons (Fsp3) is 0.684. The van der Waals surface area contributed by atoms with Gasteiger partial charge >= 0.3 is 0 Å². The zero-order valence-electron chi connectivity index (χ0n) is 14.1. The summed E-state index contributed by atoms with van der Waals surface area (Å²) in [6.45, 7) is 11.5. The van der Waals surface area contributed by atoms with Crippen LogP contribution in [-0.4, -0.2) is 0 Å². The minimum Gasteiger partial charge on any atom is -0.324 e. The van der Waals surface area contributed by atoms with Crippen LogP contribution in [0.3, 0.4) is 0 Å². The molecule has 1 heteroatoms. The molecule has 1 aromatic rings. The molecule has 114 valence electrons. The summed E-state index contributed by atoms with van der Waals surface area (Å²) in [6, 6.07) is 9.12. The van der Waals surface area contributed by atoms with Crippen LogP contribution in [0.1, 0.15) is 77.5 Å². The highest BCUT2D eigenvalue weighted by molar-refractivity contribution is 5.25. The zero-order chi connectivity index (χ0) is 15.2. The van der Waals surface area contributed by atoms with Gasteiger partial charge in [0.05, 0.1) is 0 Å². The summed E-state index contributed by atoms with van der Waals surface area (Å²) < 4.78 is 0. The van der Waals surface area contributed by atoms with Crippen molar-refractivity contribution < 1.29 is 0 Å². The molecule has 0 aromatic heterocycles. The number of rotatable bonds is 7. The summed E-state index contributed by atoms with van der Waals surface area (Å²) in [4.78, 5) is 0. The van der Waals surface area contributed by atoms with Crippen LogP contribution in [-0.2, 0) is 6.42 Å². The van der Waals surface area contributed by atoms with E-state index in [2.05, 4.69) is 58.9 Å². The third-order valence-corrected chi connectivity index (χ3v) is 3.84. The Morgan fingerprint density at radius 2 is 1.70 bits per heavy atom. The second-order valence-corrected chi connectivity index (χ2v) is 7.56. The number of hydrogen-bond donors (Lipinski definition) is 1. The number of hydrogen-bond acceptors (Lipinski definition) is 1. The molecule has 0 aliphatic rings. The van der Waals surface area contributed by atoms with E-state index in [0.29, 0.717) is 11.3 Å². The second kappa shape index (κ2) is 7.83. The highest BCUT2D eigenvalue weighted by atomic mass is 14.6. The molecule has 2 unspecified atom stereocenters. The standard InChI is InChI=1S/C19H33N/c1-6-7-8-16-9-11-17(12-10-16)18(20)13-15(2)14-19(3,4)5/h9-12,15,18H,6-8,13-14,20H2,1-5H3. The highest BCUT2D eigenvalue weighted by Gasteiger charge is 2.18. The van der Waals surface area contributed by atoms with Crippen molar-refractivity contribution in [3.8, 4) is 0 Å². The molecule has 2 atom stereocenters. The molecule has 20 heavy (non-hydrogen) atoms. The van der Waals surface area contributed by atoms with Crippen LogP contribution in [0.15, 0.2) is 24.3 Å². The molecule has 0 fully saturated rings. The maximum Gasteiger partial charge on any atom is 0.0297 e. The predicted octanol–water partition coefficient (Wildman–Crippen LogP) is 5.49. The molecular weight excluding hydrogens is 242 g/mol. The Labute approximate surface area is 126 Å². The van der Waals surface area contributed by atoms with E-state index in [9.17, 15) is 0 Å².